The van der Waals surface area contributed by atoms with Crippen LogP contribution in [0.5, 0.6) is 0 Å². The lowest BCUT2D eigenvalue weighted by Crippen LogP contribution is -2.46. The SMILES string of the molecule is C=CCNC(=S)NNC(=O)c1ccc(Cn2nnc(-c3ccccc3)n2)cc1. The predicted octanol–water partition coefficient (Wildman–Crippen LogP) is 1.68. The molecule has 0 radical (unpaired) electrons. The number of aromatic nitrogens is 4. The Labute approximate surface area is 167 Å². The lowest BCUT2D eigenvalue weighted by atomic mass is 10.1. The van der Waals surface area contributed by atoms with Crippen molar-refractivity contribution in [2.45, 2.75) is 6.54 Å². The van der Waals surface area contributed by atoms with Crippen molar-refractivity contribution in [1.82, 2.24) is 36.4 Å². The van der Waals surface area contributed by atoms with E-state index in [0.29, 0.717) is 29.6 Å². The molecule has 3 N–H and O–H groups in total. The van der Waals surface area contributed by atoms with Crippen LogP contribution in [0, 0.1) is 0 Å². The molecule has 0 unspecified atom stereocenters. The van der Waals surface area contributed by atoms with Gasteiger partial charge in [0.2, 0.25) is 5.82 Å². The van der Waals surface area contributed by atoms with Gasteiger partial charge < -0.3 is 5.32 Å². The van der Waals surface area contributed by atoms with E-state index in [4.69, 9.17) is 12.2 Å². The molecule has 0 aliphatic heterocycles. The summed E-state index contributed by atoms with van der Waals surface area (Å²) in [6, 6.07) is 16.8. The quantitative estimate of drug-likeness (QED) is 0.333. The van der Waals surface area contributed by atoms with Crippen molar-refractivity contribution in [1.29, 1.82) is 0 Å². The molecule has 2 aromatic carbocycles. The van der Waals surface area contributed by atoms with Crippen molar-refractivity contribution >= 4 is 23.2 Å². The number of hydrogen-bond donors (Lipinski definition) is 3. The van der Waals surface area contributed by atoms with Crippen molar-refractivity contribution in [3.8, 4) is 11.4 Å². The van der Waals surface area contributed by atoms with Gasteiger partial charge in [-0.05, 0) is 35.1 Å². The second kappa shape index (κ2) is 9.38. The Morgan fingerprint density at radius 3 is 2.57 bits per heavy atom. The minimum absolute atomic E-state index is 0.292. The standard InChI is InChI=1S/C19H19N7OS/c1-2-12-20-19(28)23-22-18(27)16-10-8-14(9-11-16)13-26-24-17(21-25-26)15-6-4-3-5-7-15/h2-11H,1,12-13H2,(H,22,27)(H2,20,23,28). The highest BCUT2D eigenvalue weighted by Gasteiger charge is 2.08. The van der Waals surface area contributed by atoms with E-state index in [9.17, 15) is 4.79 Å². The number of thiocarbonyl (C=S) groups is 1. The number of carbonyl (C=O) groups excluding carboxylic acids is 1. The third kappa shape index (κ3) is 5.21. The lowest BCUT2D eigenvalue weighted by Gasteiger charge is -2.10. The molecule has 9 heteroatoms. The number of hydrogen-bond acceptors (Lipinski definition) is 5. The molecule has 0 saturated carbocycles. The van der Waals surface area contributed by atoms with E-state index in [1.807, 2.05) is 42.5 Å². The van der Waals surface area contributed by atoms with E-state index in [1.165, 1.54) is 4.80 Å². The monoisotopic (exact) mass is 393 g/mol. The minimum atomic E-state index is -0.292. The van der Waals surface area contributed by atoms with E-state index >= 15 is 0 Å². The highest BCUT2D eigenvalue weighted by Crippen LogP contribution is 2.12. The first-order valence-corrected chi connectivity index (χ1v) is 8.94. The third-order valence-electron chi connectivity index (χ3n) is 3.72. The molecule has 1 aromatic heterocycles. The Morgan fingerprint density at radius 2 is 1.86 bits per heavy atom. The maximum absolute atomic E-state index is 12.1. The Hall–Kier alpha value is -3.59. The second-order valence-corrected chi connectivity index (χ2v) is 6.19. The Bertz CT molecular complexity index is 954. The van der Waals surface area contributed by atoms with Crippen molar-refractivity contribution in [3.05, 3.63) is 78.4 Å². The topological polar surface area (TPSA) is 96.8 Å². The van der Waals surface area contributed by atoms with Crippen molar-refractivity contribution in [3.63, 3.8) is 0 Å². The summed E-state index contributed by atoms with van der Waals surface area (Å²) < 4.78 is 0. The van der Waals surface area contributed by atoms with Crippen LogP contribution in [0.25, 0.3) is 11.4 Å². The summed E-state index contributed by atoms with van der Waals surface area (Å²) in [6.07, 6.45) is 1.67. The number of rotatable bonds is 6. The van der Waals surface area contributed by atoms with Crippen molar-refractivity contribution in [2.24, 2.45) is 0 Å². The first-order chi connectivity index (χ1) is 13.7. The van der Waals surface area contributed by atoms with Crippen LogP contribution in [-0.4, -0.2) is 37.8 Å². The molecule has 0 spiro atoms. The summed E-state index contributed by atoms with van der Waals surface area (Å²) in [6.45, 7) is 4.55. The smallest absolute Gasteiger partial charge is 0.269 e. The van der Waals surface area contributed by atoms with Gasteiger partial charge in [-0.15, -0.1) is 16.8 Å². The maximum Gasteiger partial charge on any atom is 0.269 e. The zero-order valence-electron chi connectivity index (χ0n) is 15.0. The fourth-order valence-corrected chi connectivity index (χ4v) is 2.47. The molecular formula is C19H19N7OS. The van der Waals surface area contributed by atoms with Crippen LogP contribution in [0.4, 0.5) is 0 Å². The Kier molecular flexibility index (Phi) is 6.42. The fourth-order valence-electron chi connectivity index (χ4n) is 2.33. The number of benzene rings is 2. The summed E-state index contributed by atoms with van der Waals surface area (Å²) in [4.78, 5) is 13.6. The number of nitrogens with zero attached hydrogens (tertiary/aromatic N) is 4. The predicted molar refractivity (Wildman–Crippen MR) is 110 cm³/mol. The summed E-state index contributed by atoms with van der Waals surface area (Å²) in [5.74, 6) is 0.281. The molecule has 28 heavy (non-hydrogen) atoms. The van der Waals surface area contributed by atoms with Crippen LogP contribution >= 0.6 is 12.2 Å². The molecule has 142 valence electrons. The molecule has 0 aliphatic rings. The van der Waals surface area contributed by atoms with Crippen LogP contribution in [0.3, 0.4) is 0 Å². The van der Waals surface area contributed by atoms with Crippen LogP contribution in [0.15, 0.2) is 67.3 Å². The van der Waals surface area contributed by atoms with Gasteiger partial charge >= 0.3 is 0 Å². The van der Waals surface area contributed by atoms with Gasteiger partial charge in [-0.25, -0.2) is 0 Å². The van der Waals surface area contributed by atoms with Crippen LogP contribution in [-0.2, 0) is 6.54 Å². The maximum atomic E-state index is 12.1. The molecule has 3 aromatic rings. The van der Waals surface area contributed by atoms with Gasteiger partial charge in [0.25, 0.3) is 5.91 Å². The van der Waals surface area contributed by atoms with E-state index in [2.05, 4.69) is 38.2 Å². The van der Waals surface area contributed by atoms with Gasteiger partial charge in [-0.2, -0.15) is 4.80 Å². The number of amides is 1. The lowest BCUT2D eigenvalue weighted by molar-refractivity contribution is 0.0943. The summed E-state index contributed by atoms with van der Waals surface area (Å²) in [5, 5.41) is 15.7. The van der Waals surface area contributed by atoms with Crippen LogP contribution in [0.2, 0.25) is 0 Å². The van der Waals surface area contributed by atoms with Crippen LogP contribution < -0.4 is 16.2 Å². The largest absolute Gasteiger partial charge is 0.358 e. The first-order valence-electron chi connectivity index (χ1n) is 8.53. The number of hydrazine groups is 1. The van der Waals surface area contributed by atoms with Gasteiger partial charge in [-0.3, -0.25) is 15.6 Å². The molecule has 0 saturated heterocycles. The van der Waals surface area contributed by atoms with Gasteiger partial charge in [0.1, 0.15) is 0 Å². The molecular weight excluding hydrogens is 374 g/mol. The summed E-state index contributed by atoms with van der Waals surface area (Å²) in [5.41, 5.74) is 7.52. The molecule has 3 rings (SSSR count). The van der Waals surface area contributed by atoms with E-state index in [1.54, 1.807) is 18.2 Å². The zero-order valence-corrected chi connectivity index (χ0v) is 15.8. The Balaban J connectivity index is 1.56. The van der Waals surface area contributed by atoms with Crippen molar-refractivity contribution < 1.29 is 4.79 Å². The second-order valence-electron chi connectivity index (χ2n) is 5.78. The third-order valence-corrected chi connectivity index (χ3v) is 3.97. The normalized spacial score (nSPS) is 10.1. The van der Waals surface area contributed by atoms with E-state index in [-0.39, 0.29) is 5.91 Å². The number of tetrazole rings is 1. The molecule has 0 bridgehead atoms. The summed E-state index contributed by atoms with van der Waals surface area (Å²) in [7, 11) is 0. The van der Waals surface area contributed by atoms with Gasteiger partial charge in [-0.1, -0.05) is 48.5 Å². The Morgan fingerprint density at radius 1 is 1.11 bits per heavy atom. The molecule has 1 amide bonds. The molecule has 0 aliphatic carbocycles. The van der Waals surface area contributed by atoms with Gasteiger partial charge in [0, 0.05) is 17.7 Å². The number of carbonyl (C=O) groups is 1. The fraction of sp³-hybridized carbons (Fsp3) is 0.105. The molecule has 8 nitrogen and oxygen atoms in total. The average molecular weight is 393 g/mol. The van der Waals surface area contributed by atoms with Gasteiger partial charge in [0.15, 0.2) is 5.11 Å². The van der Waals surface area contributed by atoms with Crippen LogP contribution in [0.1, 0.15) is 15.9 Å². The minimum Gasteiger partial charge on any atom is -0.358 e. The number of nitrogens with one attached hydrogen (secondary N) is 3. The molecule has 0 atom stereocenters. The highest BCUT2D eigenvalue weighted by molar-refractivity contribution is 7.80. The van der Waals surface area contributed by atoms with E-state index in [0.717, 1.165) is 11.1 Å². The highest BCUT2D eigenvalue weighted by atomic mass is 32.1. The molecule has 1 heterocycles. The molecule has 0 fully saturated rings. The summed E-state index contributed by atoms with van der Waals surface area (Å²) >= 11 is 5.01. The van der Waals surface area contributed by atoms with Crippen molar-refractivity contribution in [2.75, 3.05) is 6.54 Å². The first kappa shape index (κ1) is 19.2. The van der Waals surface area contributed by atoms with Gasteiger partial charge in [0.05, 0.1) is 6.54 Å². The average Bonchev–Trinajstić information content (AvgIpc) is 3.20. The van der Waals surface area contributed by atoms with E-state index < -0.39 is 0 Å². The zero-order chi connectivity index (χ0) is 19.8.